The van der Waals surface area contributed by atoms with Gasteiger partial charge in [-0.25, -0.2) is 4.98 Å². The van der Waals surface area contributed by atoms with E-state index in [9.17, 15) is 14.7 Å². The molecule has 0 aliphatic heterocycles. The van der Waals surface area contributed by atoms with Crippen LogP contribution in [0.3, 0.4) is 0 Å². The third kappa shape index (κ3) is 6.54. The normalized spacial score (nSPS) is 11.5. The minimum Gasteiger partial charge on any atom is -0.480 e. The van der Waals surface area contributed by atoms with Crippen molar-refractivity contribution in [2.45, 2.75) is 77.0 Å². The highest BCUT2D eigenvalue weighted by molar-refractivity contribution is 8.01. The van der Waals surface area contributed by atoms with Crippen molar-refractivity contribution in [2.24, 2.45) is 0 Å². The number of anilines is 1. The Morgan fingerprint density at radius 3 is 2.23 bits per heavy atom. The Bertz CT molecular complexity index is 1190. The molecule has 0 bridgehead atoms. The van der Waals surface area contributed by atoms with Gasteiger partial charge in [0.1, 0.15) is 16.3 Å². The van der Waals surface area contributed by atoms with Gasteiger partial charge < -0.3 is 15.0 Å². The third-order valence-corrected chi connectivity index (χ3v) is 7.09. The number of amides is 1. The fourth-order valence-electron chi connectivity index (χ4n) is 4.01. The van der Waals surface area contributed by atoms with Gasteiger partial charge in [0.25, 0.3) is 5.91 Å². The van der Waals surface area contributed by atoms with E-state index in [0.717, 1.165) is 64.6 Å². The average Bonchev–Trinajstić information content (AvgIpc) is 3.10. The summed E-state index contributed by atoms with van der Waals surface area (Å²) < 4.78 is 1.20. The zero-order chi connectivity index (χ0) is 25.8. The summed E-state index contributed by atoms with van der Waals surface area (Å²) in [5, 5.41) is 12.4. The largest absolute Gasteiger partial charge is 0.480 e. The zero-order valence-electron chi connectivity index (χ0n) is 21.4. The number of aromatic nitrogens is 2. The van der Waals surface area contributed by atoms with Crippen LogP contribution in [0, 0.1) is 20.8 Å². The molecule has 0 aliphatic carbocycles. The van der Waals surface area contributed by atoms with E-state index in [0.29, 0.717) is 5.69 Å². The molecule has 0 radical (unpaired) electrons. The number of aryl methyl sites for hydroxylation is 2. The number of aliphatic carboxylic acids is 1. The number of carboxylic acid groups (broad SMARTS) is 1. The Hall–Kier alpha value is -3.06. The number of thioether (sulfide) groups is 1. The summed E-state index contributed by atoms with van der Waals surface area (Å²) in [6.07, 6.45) is 3.20. The second-order valence-electron chi connectivity index (χ2n) is 9.50. The quantitative estimate of drug-likeness (QED) is 0.238. The molecule has 1 amide bonds. The summed E-state index contributed by atoms with van der Waals surface area (Å²) in [4.78, 5) is 30.3. The number of carbonyl (C=O) groups is 2. The van der Waals surface area contributed by atoms with Gasteiger partial charge in [-0.2, -0.15) is 0 Å². The number of carbonyl (C=O) groups excluding carboxylic acids is 1. The highest BCUT2D eigenvalue weighted by Gasteiger charge is 2.28. The molecule has 35 heavy (non-hydrogen) atoms. The molecule has 7 heteroatoms. The van der Waals surface area contributed by atoms with E-state index in [4.69, 9.17) is 4.98 Å². The van der Waals surface area contributed by atoms with E-state index in [2.05, 4.69) is 22.9 Å². The molecule has 0 saturated heterocycles. The van der Waals surface area contributed by atoms with Crippen molar-refractivity contribution in [3.8, 4) is 11.4 Å². The van der Waals surface area contributed by atoms with Gasteiger partial charge in [0.15, 0.2) is 0 Å². The first kappa shape index (κ1) is 26.5. The number of unbranched alkanes of at least 4 members (excludes halogenated alkanes) is 2. The monoisotopic (exact) mass is 493 g/mol. The van der Waals surface area contributed by atoms with E-state index in [1.54, 1.807) is 13.8 Å². The van der Waals surface area contributed by atoms with Gasteiger partial charge in [-0.15, -0.1) is 11.8 Å². The summed E-state index contributed by atoms with van der Waals surface area (Å²) in [6.45, 7) is 12.3. The van der Waals surface area contributed by atoms with Gasteiger partial charge in [-0.3, -0.25) is 9.59 Å². The first-order valence-corrected chi connectivity index (χ1v) is 12.8. The molecule has 0 aliphatic rings. The molecular formula is C28H35N3O3S. The molecule has 3 aromatic rings. The SMILES string of the molecule is CCCCCn1c(-c2ccc(SC(C)(C)C(=O)O)cc2)nc(C(=O)Nc2cc(C)cc(C)c2)c1C. The van der Waals surface area contributed by atoms with Gasteiger partial charge in [-0.1, -0.05) is 38.0 Å². The molecule has 1 aromatic heterocycles. The molecule has 0 unspecified atom stereocenters. The van der Waals surface area contributed by atoms with Crippen LogP contribution in [0.1, 0.15) is 67.3 Å². The number of imidazole rings is 1. The topological polar surface area (TPSA) is 84.2 Å². The lowest BCUT2D eigenvalue weighted by atomic mass is 10.1. The number of hydrogen-bond donors (Lipinski definition) is 2. The second kappa shape index (κ2) is 11.1. The Kier molecular flexibility index (Phi) is 8.43. The Balaban J connectivity index is 1.93. The first-order valence-electron chi connectivity index (χ1n) is 12.0. The predicted molar refractivity (Wildman–Crippen MR) is 143 cm³/mol. The van der Waals surface area contributed by atoms with Gasteiger partial charge in [0.2, 0.25) is 0 Å². The van der Waals surface area contributed by atoms with E-state index >= 15 is 0 Å². The summed E-state index contributed by atoms with van der Waals surface area (Å²) in [5.41, 5.74) is 5.09. The van der Waals surface area contributed by atoms with Crippen molar-refractivity contribution in [3.05, 3.63) is 65.0 Å². The van der Waals surface area contributed by atoms with Crippen LogP contribution >= 0.6 is 11.8 Å². The van der Waals surface area contributed by atoms with Gasteiger partial charge in [0, 0.05) is 28.4 Å². The third-order valence-electron chi connectivity index (χ3n) is 5.90. The number of hydrogen-bond acceptors (Lipinski definition) is 4. The molecule has 0 fully saturated rings. The molecular weight excluding hydrogens is 458 g/mol. The maximum atomic E-state index is 13.2. The highest BCUT2D eigenvalue weighted by atomic mass is 32.2. The van der Waals surface area contributed by atoms with Crippen LogP contribution in [0.25, 0.3) is 11.4 Å². The van der Waals surface area contributed by atoms with Crippen LogP contribution < -0.4 is 5.32 Å². The van der Waals surface area contributed by atoms with Crippen molar-refractivity contribution in [3.63, 3.8) is 0 Å². The summed E-state index contributed by atoms with van der Waals surface area (Å²) in [7, 11) is 0. The fourth-order valence-corrected chi connectivity index (χ4v) is 4.96. The lowest BCUT2D eigenvalue weighted by molar-refractivity contribution is -0.138. The molecule has 6 nitrogen and oxygen atoms in total. The van der Waals surface area contributed by atoms with Crippen molar-refractivity contribution in [1.29, 1.82) is 0 Å². The molecule has 3 rings (SSSR count). The van der Waals surface area contributed by atoms with Crippen molar-refractivity contribution >= 4 is 29.3 Å². The number of nitrogens with zero attached hydrogens (tertiary/aromatic N) is 2. The van der Waals surface area contributed by atoms with Crippen LogP contribution in [0.5, 0.6) is 0 Å². The van der Waals surface area contributed by atoms with Gasteiger partial charge in [-0.05, 0) is 76.4 Å². The number of carboxylic acids is 1. The maximum absolute atomic E-state index is 13.2. The van der Waals surface area contributed by atoms with Crippen molar-refractivity contribution in [1.82, 2.24) is 9.55 Å². The van der Waals surface area contributed by atoms with Crippen LogP contribution in [-0.4, -0.2) is 31.3 Å². The maximum Gasteiger partial charge on any atom is 0.319 e. The summed E-state index contributed by atoms with van der Waals surface area (Å²) in [6, 6.07) is 13.7. The molecule has 0 atom stereocenters. The predicted octanol–water partition coefficient (Wildman–Crippen LogP) is 6.87. The van der Waals surface area contributed by atoms with E-state index in [1.807, 2.05) is 57.2 Å². The lowest BCUT2D eigenvalue weighted by Gasteiger charge is -2.18. The minimum absolute atomic E-state index is 0.224. The Morgan fingerprint density at radius 1 is 1.03 bits per heavy atom. The van der Waals surface area contributed by atoms with Crippen LogP contribution in [0.2, 0.25) is 0 Å². The van der Waals surface area contributed by atoms with Crippen LogP contribution in [0.15, 0.2) is 47.4 Å². The number of rotatable bonds is 10. The van der Waals surface area contributed by atoms with E-state index in [1.165, 1.54) is 11.8 Å². The van der Waals surface area contributed by atoms with Crippen molar-refractivity contribution < 1.29 is 14.7 Å². The summed E-state index contributed by atoms with van der Waals surface area (Å²) >= 11 is 1.30. The molecule has 0 spiro atoms. The molecule has 0 saturated carbocycles. The standard InChI is InChI=1S/C28H35N3O3S/c1-7-8-9-14-31-20(4)24(26(32)29-22-16-18(2)15-19(3)17-22)30-25(31)21-10-12-23(13-11-21)35-28(5,6)27(33)34/h10-13,15-17H,7-9,14H2,1-6H3,(H,29,32)(H,33,34). The minimum atomic E-state index is -0.921. The van der Waals surface area contributed by atoms with E-state index in [-0.39, 0.29) is 5.91 Å². The number of benzene rings is 2. The number of nitrogens with one attached hydrogen (secondary N) is 1. The molecule has 186 valence electrons. The fraction of sp³-hybridized carbons (Fsp3) is 0.393. The Labute approximate surface area is 212 Å². The van der Waals surface area contributed by atoms with Crippen LogP contribution in [0.4, 0.5) is 5.69 Å². The lowest BCUT2D eigenvalue weighted by Crippen LogP contribution is -2.26. The first-order chi connectivity index (χ1) is 16.5. The van der Waals surface area contributed by atoms with Gasteiger partial charge in [0.05, 0.1) is 0 Å². The summed E-state index contributed by atoms with van der Waals surface area (Å²) in [5.74, 6) is -0.329. The van der Waals surface area contributed by atoms with Crippen LogP contribution in [-0.2, 0) is 11.3 Å². The second-order valence-corrected chi connectivity index (χ2v) is 11.2. The van der Waals surface area contributed by atoms with Gasteiger partial charge >= 0.3 is 5.97 Å². The zero-order valence-corrected chi connectivity index (χ0v) is 22.3. The average molecular weight is 494 g/mol. The van der Waals surface area contributed by atoms with E-state index < -0.39 is 10.7 Å². The van der Waals surface area contributed by atoms with Crippen molar-refractivity contribution in [2.75, 3.05) is 5.32 Å². The Morgan fingerprint density at radius 2 is 1.66 bits per heavy atom. The molecule has 2 aromatic carbocycles. The molecule has 2 N–H and O–H groups in total. The highest BCUT2D eigenvalue weighted by Crippen LogP contribution is 2.34. The molecule has 1 heterocycles. The smallest absolute Gasteiger partial charge is 0.319 e.